The molecule has 1 aliphatic heterocycles. The molecule has 0 saturated carbocycles. The van der Waals surface area contributed by atoms with E-state index in [1.165, 1.54) is 23.2 Å². The van der Waals surface area contributed by atoms with E-state index in [4.69, 9.17) is 4.74 Å². The van der Waals surface area contributed by atoms with Crippen LogP contribution in [0.15, 0.2) is 42.5 Å². The summed E-state index contributed by atoms with van der Waals surface area (Å²) >= 11 is 0. The molecule has 2 N–H and O–H groups in total. The van der Waals surface area contributed by atoms with Gasteiger partial charge in [0.1, 0.15) is 5.75 Å². The summed E-state index contributed by atoms with van der Waals surface area (Å²) in [5.41, 5.74) is 4.72. The van der Waals surface area contributed by atoms with E-state index in [0.29, 0.717) is 18.0 Å². The van der Waals surface area contributed by atoms with Gasteiger partial charge in [0.25, 0.3) is 0 Å². The van der Waals surface area contributed by atoms with Gasteiger partial charge in [0.15, 0.2) is 0 Å². The molecular weight excluding hydrogens is 326 g/mol. The normalized spacial score (nSPS) is 13.1. The summed E-state index contributed by atoms with van der Waals surface area (Å²) in [7, 11) is 1.59. The number of benzene rings is 2. The molecule has 5 heteroatoms. The lowest BCUT2D eigenvalue weighted by atomic mass is 9.98. The van der Waals surface area contributed by atoms with Crippen LogP contribution in [0.5, 0.6) is 5.75 Å². The van der Waals surface area contributed by atoms with E-state index in [0.717, 1.165) is 25.9 Å². The van der Waals surface area contributed by atoms with E-state index in [-0.39, 0.29) is 6.03 Å². The Bertz CT molecular complexity index is 761. The third kappa shape index (κ3) is 4.28. The Kier molecular flexibility index (Phi) is 6.00. The Morgan fingerprint density at radius 3 is 2.88 bits per heavy atom. The number of carbonyl (C=O) groups excluding carboxylic acids is 1. The third-order valence-corrected chi connectivity index (χ3v) is 4.79. The van der Waals surface area contributed by atoms with Crippen molar-refractivity contribution in [1.82, 2.24) is 5.32 Å². The second kappa shape index (κ2) is 8.61. The van der Waals surface area contributed by atoms with Crippen molar-refractivity contribution < 1.29 is 9.53 Å². The lowest BCUT2D eigenvalue weighted by molar-refractivity contribution is 0.252. The minimum atomic E-state index is -0.218. The lowest BCUT2D eigenvalue weighted by Crippen LogP contribution is -2.31. The van der Waals surface area contributed by atoms with Crippen molar-refractivity contribution >= 4 is 17.4 Å². The molecule has 0 bridgehead atoms. The number of amides is 2. The number of ether oxygens (including phenoxy) is 1. The number of hydrogen-bond donors (Lipinski definition) is 2. The number of nitrogens with zero attached hydrogens (tertiary/aromatic N) is 1. The fourth-order valence-electron chi connectivity index (χ4n) is 3.45. The van der Waals surface area contributed by atoms with Gasteiger partial charge in [0.2, 0.25) is 0 Å². The minimum absolute atomic E-state index is 0.218. The molecule has 1 aliphatic rings. The molecule has 2 aromatic carbocycles. The number of anilines is 2. The summed E-state index contributed by atoms with van der Waals surface area (Å²) in [6.45, 7) is 5.00. The van der Waals surface area contributed by atoms with Gasteiger partial charge >= 0.3 is 6.03 Å². The summed E-state index contributed by atoms with van der Waals surface area (Å²) < 4.78 is 5.24. The van der Waals surface area contributed by atoms with Crippen molar-refractivity contribution in [3.05, 3.63) is 53.6 Å². The number of aryl methyl sites for hydroxylation is 1. The molecule has 0 spiro atoms. The summed E-state index contributed by atoms with van der Waals surface area (Å²) in [5, 5.41) is 5.74. The molecule has 0 unspecified atom stereocenters. The third-order valence-electron chi connectivity index (χ3n) is 4.79. The largest absolute Gasteiger partial charge is 0.495 e. The second-order valence-electron chi connectivity index (χ2n) is 6.48. The van der Waals surface area contributed by atoms with Crippen LogP contribution >= 0.6 is 0 Å². The maximum Gasteiger partial charge on any atom is 0.319 e. The highest BCUT2D eigenvalue weighted by atomic mass is 16.5. The number of para-hydroxylation sites is 2. The number of carbonyl (C=O) groups is 1. The van der Waals surface area contributed by atoms with Crippen molar-refractivity contribution in [2.45, 2.75) is 26.2 Å². The van der Waals surface area contributed by atoms with E-state index >= 15 is 0 Å². The molecule has 0 atom stereocenters. The molecule has 5 nitrogen and oxygen atoms in total. The van der Waals surface area contributed by atoms with E-state index in [1.54, 1.807) is 7.11 Å². The van der Waals surface area contributed by atoms with Crippen molar-refractivity contribution in [3.63, 3.8) is 0 Å². The molecule has 0 radical (unpaired) electrons. The van der Waals surface area contributed by atoms with Crippen LogP contribution < -0.4 is 20.3 Å². The van der Waals surface area contributed by atoms with Crippen LogP contribution in [0.3, 0.4) is 0 Å². The number of hydrogen-bond acceptors (Lipinski definition) is 3. The summed E-state index contributed by atoms with van der Waals surface area (Å²) in [5.74, 6) is 0.651. The Labute approximate surface area is 155 Å². The van der Waals surface area contributed by atoms with Gasteiger partial charge in [-0.3, -0.25) is 0 Å². The molecule has 138 valence electrons. The predicted molar refractivity (Wildman–Crippen MR) is 106 cm³/mol. The van der Waals surface area contributed by atoms with Gasteiger partial charge in [-0.2, -0.15) is 0 Å². The smallest absolute Gasteiger partial charge is 0.319 e. The van der Waals surface area contributed by atoms with Gasteiger partial charge in [0.05, 0.1) is 12.8 Å². The highest BCUT2D eigenvalue weighted by Crippen LogP contribution is 2.28. The Balaban J connectivity index is 1.52. The van der Waals surface area contributed by atoms with Crippen LogP contribution in [-0.4, -0.2) is 32.8 Å². The van der Waals surface area contributed by atoms with E-state index in [9.17, 15) is 4.79 Å². The molecule has 26 heavy (non-hydrogen) atoms. The van der Waals surface area contributed by atoms with E-state index < -0.39 is 0 Å². The first-order chi connectivity index (χ1) is 12.7. The van der Waals surface area contributed by atoms with Crippen LogP contribution in [0.25, 0.3) is 0 Å². The fraction of sp³-hybridized carbons (Fsp3) is 0.381. The van der Waals surface area contributed by atoms with Gasteiger partial charge < -0.3 is 20.3 Å². The zero-order valence-corrected chi connectivity index (χ0v) is 15.5. The molecule has 2 aromatic rings. The van der Waals surface area contributed by atoms with Crippen LogP contribution in [0.2, 0.25) is 0 Å². The van der Waals surface area contributed by atoms with E-state index in [1.807, 2.05) is 24.3 Å². The van der Waals surface area contributed by atoms with Gasteiger partial charge in [-0.25, -0.2) is 4.79 Å². The molecule has 0 fully saturated rings. The molecule has 0 aliphatic carbocycles. The van der Waals surface area contributed by atoms with Crippen molar-refractivity contribution in [3.8, 4) is 5.75 Å². The predicted octanol–water partition coefficient (Wildman–Crippen LogP) is 3.83. The first-order valence-corrected chi connectivity index (χ1v) is 9.26. The number of fused-ring (bicyclic) bond motifs is 1. The first-order valence-electron chi connectivity index (χ1n) is 9.26. The van der Waals surface area contributed by atoms with Crippen LogP contribution in [0.1, 0.15) is 24.5 Å². The van der Waals surface area contributed by atoms with E-state index in [2.05, 4.69) is 40.7 Å². The number of rotatable bonds is 6. The molecular formula is C21H27N3O2. The maximum absolute atomic E-state index is 12.1. The lowest BCUT2D eigenvalue weighted by Gasteiger charge is -2.30. The average Bonchev–Trinajstić information content (AvgIpc) is 2.67. The van der Waals surface area contributed by atoms with Gasteiger partial charge in [-0.15, -0.1) is 0 Å². The second-order valence-corrected chi connectivity index (χ2v) is 6.48. The Morgan fingerprint density at radius 2 is 2.08 bits per heavy atom. The molecule has 2 amide bonds. The Morgan fingerprint density at radius 1 is 1.23 bits per heavy atom. The van der Waals surface area contributed by atoms with Crippen LogP contribution in [-0.2, 0) is 12.8 Å². The maximum atomic E-state index is 12.1. The van der Waals surface area contributed by atoms with Gasteiger partial charge in [-0.1, -0.05) is 24.3 Å². The quantitative estimate of drug-likeness (QED) is 0.830. The van der Waals surface area contributed by atoms with Crippen LogP contribution in [0.4, 0.5) is 16.2 Å². The highest BCUT2D eigenvalue weighted by Gasteiger charge is 2.15. The number of methoxy groups -OCH3 is 1. The first kappa shape index (κ1) is 18.1. The number of nitrogens with one attached hydrogen (secondary N) is 2. The number of urea groups is 1. The Hall–Kier alpha value is -2.69. The SMILES string of the molecule is CCN1CCCc2cc(CCNC(=O)Nc3ccccc3OC)ccc21. The van der Waals surface area contributed by atoms with Gasteiger partial charge in [-0.05, 0) is 55.5 Å². The van der Waals surface area contributed by atoms with Gasteiger partial charge in [0, 0.05) is 25.3 Å². The summed E-state index contributed by atoms with van der Waals surface area (Å²) in [4.78, 5) is 14.5. The minimum Gasteiger partial charge on any atom is -0.495 e. The topological polar surface area (TPSA) is 53.6 Å². The summed E-state index contributed by atoms with van der Waals surface area (Å²) in [6.07, 6.45) is 3.17. The molecule has 1 heterocycles. The zero-order valence-electron chi connectivity index (χ0n) is 15.5. The van der Waals surface area contributed by atoms with Crippen LogP contribution in [0, 0.1) is 0 Å². The molecule has 0 aromatic heterocycles. The molecule has 3 rings (SSSR count). The fourth-order valence-corrected chi connectivity index (χ4v) is 3.45. The zero-order chi connectivity index (χ0) is 18.4. The van der Waals surface area contributed by atoms with Crippen molar-refractivity contribution in [2.24, 2.45) is 0 Å². The highest BCUT2D eigenvalue weighted by molar-refractivity contribution is 5.90. The average molecular weight is 353 g/mol. The summed E-state index contributed by atoms with van der Waals surface area (Å²) in [6, 6.07) is 13.8. The van der Waals surface area contributed by atoms with Crippen molar-refractivity contribution in [1.29, 1.82) is 0 Å². The van der Waals surface area contributed by atoms with Crippen molar-refractivity contribution in [2.75, 3.05) is 37.0 Å². The molecule has 0 saturated heterocycles. The standard InChI is InChI=1S/C21H27N3O2/c1-3-24-14-6-7-17-15-16(10-11-19(17)24)12-13-22-21(25)23-18-8-4-5-9-20(18)26-2/h4-5,8-11,15H,3,6-7,12-14H2,1-2H3,(H2,22,23,25). The monoisotopic (exact) mass is 353 g/mol.